The Balaban J connectivity index is 1.99. The van der Waals surface area contributed by atoms with Crippen molar-refractivity contribution in [2.24, 2.45) is 10.7 Å². The Morgan fingerprint density at radius 2 is 1.82 bits per heavy atom. The van der Waals surface area contributed by atoms with Crippen molar-refractivity contribution in [1.29, 1.82) is 0 Å². The lowest BCUT2D eigenvalue weighted by molar-refractivity contribution is -0.127. The van der Waals surface area contributed by atoms with Gasteiger partial charge in [-0.05, 0) is 65.6 Å². The Hall–Kier alpha value is -3.46. The van der Waals surface area contributed by atoms with Gasteiger partial charge in [-0.25, -0.2) is 4.99 Å². The molecule has 0 fully saturated rings. The highest BCUT2D eigenvalue weighted by atomic mass is 32.2. The molecule has 2 N–H and O–H groups in total. The zero-order chi connectivity index (χ0) is 28.5. The molecule has 3 rings (SSSR count). The van der Waals surface area contributed by atoms with Crippen molar-refractivity contribution in [3.63, 3.8) is 0 Å². The lowest BCUT2D eigenvalue weighted by Crippen LogP contribution is -2.34. The first-order valence-electron chi connectivity index (χ1n) is 13.2. The molecule has 39 heavy (non-hydrogen) atoms. The highest BCUT2D eigenvalue weighted by Crippen LogP contribution is 2.32. The maximum atomic E-state index is 13.3. The summed E-state index contributed by atoms with van der Waals surface area (Å²) in [7, 11) is 7.55. The fraction of sp³-hybridized carbons (Fsp3) is 0.367. The zero-order valence-corrected chi connectivity index (χ0v) is 24.1. The summed E-state index contributed by atoms with van der Waals surface area (Å²) >= 11 is 0. The van der Waals surface area contributed by atoms with Crippen LogP contribution >= 0.6 is 0 Å². The van der Waals surface area contributed by atoms with Crippen LogP contribution in [0.2, 0.25) is 0 Å². The molecule has 1 aliphatic heterocycles. The minimum atomic E-state index is -0.874. The monoisotopic (exact) mass is 544 g/mol. The number of hydrogen-bond donors (Lipinski definition) is 1. The van der Waals surface area contributed by atoms with Crippen LogP contribution in [0.15, 0.2) is 47.1 Å². The van der Waals surface area contributed by atoms with Crippen LogP contribution in [0.25, 0.3) is 23.3 Å². The lowest BCUT2D eigenvalue weighted by atomic mass is 9.85. The van der Waals surface area contributed by atoms with E-state index in [0.29, 0.717) is 59.1 Å². The van der Waals surface area contributed by atoms with Crippen LogP contribution in [-0.4, -0.2) is 78.6 Å². The number of rotatable bonds is 12. The van der Waals surface area contributed by atoms with E-state index >= 15 is 0 Å². The smallest absolute Gasteiger partial charge is 0.250 e. The molecular formula is C30H37BN4O3S. The van der Waals surface area contributed by atoms with E-state index in [1.807, 2.05) is 59.5 Å². The Bertz CT molecular complexity index is 1330. The zero-order valence-electron chi connectivity index (χ0n) is 23.3. The first-order valence-corrected chi connectivity index (χ1v) is 14.9. The number of benzene rings is 2. The highest BCUT2D eigenvalue weighted by molar-refractivity contribution is 7.84. The van der Waals surface area contributed by atoms with Gasteiger partial charge in [0.1, 0.15) is 13.7 Å². The van der Waals surface area contributed by atoms with Crippen molar-refractivity contribution in [1.82, 2.24) is 9.80 Å². The van der Waals surface area contributed by atoms with Crippen LogP contribution in [0.1, 0.15) is 54.6 Å². The van der Waals surface area contributed by atoms with Crippen molar-refractivity contribution >= 4 is 60.0 Å². The van der Waals surface area contributed by atoms with E-state index < -0.39 is 10.8 Å². The van der Waals surface area contributed by atoms with Gasteiger partial charge in [0.05, 0.1) is 5.69 Å². The van der Waals surface area contributed by atoms with Gasteiger partial charge in [-0.3, -0.25) is 13.8 Å². The number of nitrogens with two attached hydrogens (primary N) is 1. The van der Waals surface area contributed by atoms with Crippen LogP contribution in [0, 0.1) is 0 Å². The Morgan fingerprint density at radius 3 is 2.46 bits per heavy atom. The number of amides is 1. The Kier molecular flexibility index (Phi) is 10.9. The predicted molar refractivity (Wildman–Crippen MR) is 164 cm³/mol. The summed E-state index contributed by atoms with van der Waals surface area (Å²) in [6.07, 6.45) is 10.1. The van der Waals surface area contributed by atoms with Crippen LogP contribution in [0.3, 0.4) is 0 Å². The molecule has 2 radical (unpaired) electrons. The second kappa shape index (κ2) is 14.1. The van der Waals surface area contributed by atoms with Crippen molar-refractivity contribution in [3.05, 3.63) is 58.8 Å². The van der Waals surface area contributed by atoms with Gasteiger partial charge in [-0.2, -0.15) is 0 Å². The molecule has 0 saturated heterocycles. The van der Waals surface area contributed by atoms with Gasteiger partial charge in [-0.15, -0.1) is 0 Å². The molecular weight excluding hydrogens is 507 g/mol. The summed E-state index contributed by atoms with van der Waals surface area (Å²) in [5, 5.41) is 0. The number of nitrogens with zero attached hydrogens (tertiary/aromatic N) is 3. The first-order chi connectivity index (χ1) is 18.7. The minimum Gasteiger partial charge on any atom is -0.387 e. The molecule has 2 aromatic rings. The van der Waals surface area contributed by atoms with Gasteiger partial charge in [0.2, 0.25) is 5.91 Å². The van der Waals surface area contributed by atoms with E-state index in [1.165, 1.54) is 0 Å². The molecule has 1 aliphatic rings. The molecule has 1 atom stereocenters. The quantitative estimate of drug-likeness (QED) is 0.325. The standard InChI is InChI=1S/C30H37BN4O3S/c1-5-10-35(11-6-2)30(37)25-16-26-27(31)17-24(18-28(26)33-29(32)19-25)21-7-8-23(20-36)22(15-21)9-12-34(3)13-14-39(4)38/h7-9,12,15-18,20H,5-6,10-11,13-14,19H2,1-4H3,(H2,32,33)/b12-9-. The van der Waals surface area contributed by atoms with Gasteiger partial charge >= 0.3 is 0 Å². The van der Waals surface area contributed by atoms with Gasteiger partial charge < -0.3 is 15.5 Å². The van der Waals surface area contributed by atoms with Crippen molar-refractivity contribution in [3.8, 4) is 11.1 Å². The number of carbonyl (C=O) groups excluding carboxylic acids is 2. The third-order valence-corrected chi connectivity index (χ3v) is 7.24. The van der Waals surface area contributed by atoms with Crippen LogP contribution in [0.5, 0.6) is 0 Å². The van der Waals surface area contributed by atoms with Crippen LogP contribution < -0.4 is 11.2 Å². The van der Waals surface area contributed by atoms with E-state index in [2.05, 4.69) is 18.8 Å². The van der Waals surface area contributed by atoms with E-state index in [4.69, 9.17) is 13.6 Å². The SMILES string of the molecule is [B]c1cc(-c2ccc(C=O)c(/C=C\N(C)CCS(C)=O)c2)cc2c1C=C(C(=O)N(CCC)CCC)CC(N)=N2. The molecule has 1 unspecified atom stereocenters. The molecule has 1 amide bonds. The third kappa shape index (κ3) is 8.02. The normalized spacial score (nSPS) is 13.7. The second-order valence-electron chi connectivity index (χ2n) is 9.78. The number of hydrogen-bond acceptors (Lipinski definition) is 6. The van der Waals surface area contributed by atoms with E-state index in [0.717, 1.165) is 35.8 Å². The van der Waals surface area contributed by atoms with Gasteiger partial charge in [0.15, 0.2) is 6.29 Å². The Labute approximate surface area is 235 Å². The minimum absolute atomic E-state index is 0.0378. The second-order valence-corrected chi connectivity index (χ2v) is 11.3. The van der Waals surface area contributed by atoms with Crippen molar-refractivity contribution in [2.75, 3.05) is 38.7 Å². The summed E-state index contributed by atoms with van der Waals surface area (Å²) in [6.45, 7) is 6.12. The summed E-state index contributed by atoms with van der Waals surface area (Å²) < 4.78 is 11.4. The molecule has 0 spiro atoms. The lowest BCUT2D eigenvalue weighted by Gasteiger charge is -2.22. The molecule has 0 bridgehead atoms. The van der Waals surface area contributed by atoms with E-state index in [9.17, 15) is 13.8 Å². The van der Waals surface area contributed by atoms with Gasteiger partial charge in [0, 0.05) is 67.0 Å². The average molecular weight is 545 g/mol. The molecule has 1 heterocycles. The molecule has 2 aromatic carbocycles. The van der Waals surface area contributed by atoms with Gasteiger partial charge in [-0.1, -0.05) is 37.5 Å². The number of aldehydes is 1. The summed E-state index contributed by atoms with van der Waals surface area (Å²) in [5.74, 6) is 0.884. The fourth-order valence-corrected chi connectivity index (χ4v) is 4.99. The summed E-state index contributed by atoms with van der Waals surface area (Å²) in [6, 6.07) is 9.33. The molecule has 0 saturated carbocycles. The average Bonchev–Trinajstić information content (AvgIpc) is 3.08. The van der Waals surface area contributed by atoms with E-state index in [-0.39, 0.29) is 12.3 Å². The maximum absolute atomic E-state index is 13.3. The highest BCUT2D eigenvalue weighted by Gasteiger charge is 2.22. The van der Waals surface area contributed by atoms with Crippen LogP contribution in [-0.2, 0) is 15.6 Å². The molecule has 204 valence electrons. The fourth-order valence-electron chi connectivity index (χ4n) is 4.45. The summed E-state index contributed by atoms with van der Waals surface area (Å²) in [5.41, 5.74) is 11.6. The summed E-state index contributed by atoms with van der Waals surface area (Å²) in [4.78, 5) is 33.4. The molecule has 0 aromatic heterocycles. The predicted octanol–water partition coefficient (Wildman–Crippen LogP) is 3.67. The van der Waals surface area contributed by atoms with Crippen molar-refractivity contribution < 1.29 is 13.8 Å². The Morgan fingerprint density at radius 1 is 1.10 bits per heavy atom. The van der Waals surface area contributed by atoms with Crippen molar-refractivity contribution in [2.45, 2.75) is 33.1 Å². The first kappa shape index (κ1) is 30.1. The number of fused-ring (bicyclic) bond motifs is 1. The largest absolute Gasteiger partial charge is 0.387 e. The number of aliphatic imine (C=N–C) groups is 1. The topological polar surface area (TPSA) is 96.1 Å². The number of carbonyl (C=O) groups is 2. The van der Waals surface area contributed by atoms with Gasteiger partial charge in [0.25, 0.3) is 0 Å². The van der Waals surface area contributed by atoms with E-state index in [1.54, 1.807) is 12.3 Å². The third-order valence-electron chi connectivity index (χ3n) is 6.48. The molecule has 7 nitrogen and oxygen atoms in total. The molecule has 9 heteroatoms. The molecule has 0 aliphatic carbocycles. The van der Waals surface area contributed by atoms with Crippen LogP contribution in [0.4, 0.5) is 5.69 Å². The number of amidine groups is 1. The maximum Gasteiger partial charge on any atom is 0.250 e.